The molecule has 0 unspecified atom stereocenters. The Morgan fingerprint density at radius 3 is 2.55 bits per heavy atom. The molecule has 31 heavy (non-hydrogen) atoms. The van der Waals surface area contributed by atoms with E-state index >= 15 is 0 Å². The van der Waals surface area contributed by atoms with Gasteiger partial charge >= 0.3 is 0 Å². The Bertz CT molecular complexity index is 1250. The van der Waals surface area contributed by atoms with Crippen LogP contribution in [0.2, 0.25) is 0 Å². The van der Waals surface area contributed by atoms with Crippen LogP contribution >= 0.6 is 0 Å². The van der Waals surface area contributed by atoms with Crippen molar-refractivity contribution in [3.63, 3.8) is 0 Å². The largest absolute Gasteiger partial charge is 0.383 e. The van der Waals surface area contributed by atoms with Crippen molar-refractivity contribution in [1.29, 1.82) is 0 Å². The maximum atomic E-state index is 4.57. The number of nitrogens with zero attached hydrogens (tertiary/aromatic N) is 2. The lowest BCUT2D eigenvalue weighted by molar-refractivity contribution is 0.903. The monoisotopic (exact) mass is 410 g/mol. The zero-order valence-corrected chi connectivity index (χ0v) is 18.8. The number of anilines is 1. The van der Waals surface area contributed by atoms with Gasteiger partial charge in [-0.1, -0.05) is 53.6 Å². The van der Waals surface area contributed by atoms with E-state index in [2.05, 4.69) is 90.2 Å². The van der Waals surface area contributed by atoms with Crippen molar-refractivity contribution < 1.29 is 0 Å². The fourth-order valence-electron chi connectivity index (χ4n) is 4.30. The lowest BCUT2D eigenvalue weighted by Gasteiger charge is -2.15. The Balaban J connectivity index is 0.000000149. The van der Waals surface area contributed by atoms with Crippen molar-refractivity contribution in [1.82, 2.24) is 9.97 Å². The van der Waals surface area contributed by atoms with Gasteiger partial charge in [0.1, 0.15) is 5.82 Å². The van der Waals surface area contributed by atoms with E-state index in [9.17, 15) is 0 Å². The number of aromatic nitrogens is 2. The number of imidazole rings is 1. The molecule has 0 atom stereocenters. The molecule has 1 aliphatic rings. The van der Waals surface area contributed by atoms with Crippen LogP contribution in [0.4, 0.5) is 11.4 Å². The average Bonchev–Trinajstić information content (AvgIpc) is 3.15. The molecule has 1 aromatic heterocycles. The zero-order chi connectivity index (χ0) is 22.0. The molecular formula is C27H30N4. The van der Waals surface area contributed by atoms with Gasteiger partial charge in [0.25, 0.3) is 0 Å². The first-order valence-electron chi connectivity index (χ1n) is 10.9. The van der Waals surface area contributed by atoms with Gasteiger partial charge in [0.2, 0.25) is 0 Å². The summed E-state index contributed by atoms with van der Waals surface area (Å²) in [5.41, 5.74) is 9.81. The van der Waals surface area contributed by atoms with Crippen LogP contribution in [0.3, 0.4) is 0 Å². The molecule has 4 nitrogen and oxygen atoms in total. The summed E-state index contributed by atoms with van der Waals surface area (Å²) in [5, 5.41) is 5.80. The zero-order valence-electron chi connectivity index (χ0n) is 18.8. The molecule has 4 aromatic rings. The van der Waals surface area contributed by atoms with E-state index < -0.39 is 0 Å². The van der Waals surface area contributed by atoms with Crippen molar-refractivity contribution in [2.24, 2.45) is 4.99 Å². The number of H-pyrrole nitrogens is 1. The number of aryl methyl sites for hydroxylation is 5. The van der Waals surface area contributed by atoms with E-state index in [1.165, 1.54) is 38.7 Å². The molecule has 0 fully saturated rings. The second-order valence-electron chi connectivity index (χ2n) is 8.18. The first-order chi connectivity index (χ1) is 15.0. The molecule has 1 heterocycles. The van der Waals surface area contributed by atoms with Crippen molar-refractivity contribution in [2.45, 2.75) is 40.5 Å². The van der Waals surface area contributed by atoms with Gasteiger partial charge < -0.3 is 10.3 Å². The highest BCUT2D eigenvalue weighted by Crippen LogP contribution is 2.34. The van der Waals surface area contributed by atoms with Crippen molar-refractivity contribution in [2.75, 3.05) is 11.9 Å². The second-order valence-corrected chi connectivity index (χ2v) is 8.18. The van der Waals surface area contributed by atoms with E-state index in [0.717, 1.165) is 42.3 Å². The first-order valence-corrected chi connectivity index (χ1v) is 10.9. The third-order valence-electron chi connectivity index (χ3n) is 5.73. The van der Waals surface area contributed by atoms with Gasteiger partial charge in [-0.15, -0.1) is 0 Å². The van der Waals surface area contributed by atoms with Crippen LogP contribution in [0.25, 0.3) is 22.0 Å². The molecular weight excluding hydrogens is 380 g/mol. The predicted octanol–water partition coefficient (Wildman–Crippen LogP) is 6.70. The highest BCUT2D eigenvalue weighted by atomic mass is 14.9. The molecule has 0 aliphatic heterocycles. The molecule has 2 N–H and O–H groups in total. The fourth-order valence-corrected chi connectivity index (χ4v) is 4.30. The first kappa shape index (κ1) is 20.9. The van der Waals surface area contributed by atoms with Gasteiger partial charge in [0.15, 0.2) is 0 Å². The van der Waals surface area contributed by atoms with E-state index in [4.69, 9.17) is 0 Å². The summed E-state index contributed by atoms with van der Waals surface area (Å²) in [4.78, 5) is 12.0. The number of rotatable bonds is 3. The van der Waals surface area contributed by atoms with Crippen LogP contribution in [0.5, 0.6) is 0 Å². The van der Waals surface area contributed by atoms with E-state index in [-0.39, 0.29) is 0 Å². The van der Waals surface area contributed by atoms with Crippen molar-refractivity contribution in [3.8, 4) is 11.3 Å². The molecule has 0 saturated carbocycles. The minimum Gasteiger partial charge on any atom is -0.383 e. The number of hydrogen-bond donors (Lipinski definition) is 2. The molecule has 0 saturated heterocycles. The highest BCUT2D eigenvalue weighted by molar-refractivity contribution is 6.00. The Kier molecular flexibility index (Phi) is 5.90. The molecule has 158 valence electrons. The Labute approximate surface area is 184 Å². The average molecular weight is 411 g/mol. The number of hydrogen-bond acceptors (Lipinski definition) is 3. The topological polar surface area (TPSA) is 53.1 Å². The molecule has 0 spiro atoms. The van der Waals surface area contributed by atoms with E-state index in [0.29, 0.717) is 0 Å². The summed E-state index contributed by atoms with van der Waals surface area (Å²) in [6, 6.07) is 17.2. The van der Waals surface area contributed by atoms with Crippen molar-refractivity contribution >= 4 is 28.9 Å². The molecule has 0 radical (unpaired) electrons. The Morgan fingerprint density at radius 2 is 1.77 bits per heavy atom. The normalized spacial score (nSPS) is 11.9. The third-order valence-corrected chi connectivity index (χ3v) is 5.73. The van der Waals surface area contributed by atoms with E-state index in [1.807, 2.05) is 13.0 Å². The van der Waals surface area contributed by atoms with Crippen LogP contribution in [0.15, 0.2) is 53.5 Å². The predicted molar refractivity (Wildman–Crippen MR) is 133 cm³/mol. The van der Waals surface area contributed by atoms with Crippen LogP contribution in [-0.2, 0) is 12.8 Å². The summed E-state index contributed by atoms with van der Waals surface area (Å²) < 4.78 is 0. The molecule has 0 bridgehead atoms. The van der Waals surface area contributed by atoms with Crippen LogP contribution in [0, 0.1) is 20.8 Å². The lowest BCUT2D eigenvalue weighted by Crippen LogP contribution is -2.03. The van der Waals surface area contributed by atoms with Gasteiger partial charge in [-0.2, -0.15) is 0 Å². The molecule has 5 rings (SSSR count). The van der Waals surface area contributed by atoms with Crippen molar-refractivity contribution in [3.05, 3.63) is 76.7 Å². The van der Waals surface area contributed by atoms with Gasteiger partial charge in [-0.25, -0.2) is 4.98 Å². The SMILES string of the molecule is C=Nc1ccc2cc(C)ccc2c1NCC.Cc1ccc2c(c1)CCc1[nH]c(C)nc1-2. The number of aliphatic imine (C=N–C) groups is 1. The number of aromatic amines is 1. The van der Waals surface area contributed by atoms with E-state index in [1.54, 1.807) is 0 Å². The molecule has 0 amide bonds. The van der Waals surface area contributed by atoms with Gasteiger partial charge in [-0.05, 0) is 64.3 Å². The molecule has 3 aromatic carbocycles. The number of nitrogens with one attached hydrogen (secondary N) is 2. The highest BCUT2D eigenvalue weighted by Gasteiger charge is 2.19. The van der Waals surface area contributed by atoms with Gasteiger partial charge in [-0.3, -0.25) is 4.99 Å². The summed E-state index contributed by atoms with van der Waals surface area (Å²) in [6.07, 6.45) is 2.22. The Morgan fingerprint density at radius 1 is 1.00 bits per heavy atom. The molecule has 4 heteroatoms. The summed E-state index contributed by atoms with van der Waals surface area (Å²) >= 11 is 0. The molecule has 1 aliphatic carbocycles. The fraction of sp³-hybridized carbons (Fsp3) is 0.259. The third kappa shape index (κ3) is 4.24. The van der Waals surface area contributed by atoms with Gasteiger partial charge in [0, 0.05) is 23.2 Å². The van der Waals surface area contributed by atoms with Crippen LogP contribution in [0.1, 0.15) is 35.1 Å². The maximum Gasteiger partial charge on any atom is 0.103 e. The van der Waals surface area contributed by atoms with Gasteiger partial charge in [0.05, 0.1) is 17.1 Å². The standard InChI is InChI=1S/C14H16N2.C13H14N2/c1-4-16-14-12-7-5-10(2)9-11(12)6-8-13(14)15-3;1-8-3-5-11-10(7-8)4-6-12-13(11)15-9(2)14-12/h5-9,16H,3-4H2,1-2H3;3,5,7H,4,6H2,1-2H3,(H,14,15). The Hall–Kier alpha value is -3.40. The second kappa shape index (κ2) is 8.76. The van der Waals surface area contributed by atoms with Crippen LogP contribution in [-0.4, -0.2) is 23.2 Å². The summed E-state index contributed by atoms with van der Waals surface area (Å²) in [6.45, 7) is 12.8. The number of fused-ring (bicyclic) bond motifs is 4. The summed E-state index contributed by atoms with van der Waals surface area (Å²) in [5.74, 6) is 1.02. The summed E-state index contributed by atoms with van der Waals surface area (Å²) in [7, 11) is 0. The smallest absolute Gasteiger partial charge is 0.103 e. The number of benzene rings is 3. The minimum atomic E-state index is 0.884. The quantitative estimate of drug-likeness (QED) is 0.369. The minimum absolute atomic E-state index is 0.884. The lowest BCUT2D eigenvalue weighted by atomic mass is 9.91. The maximum absolute atomic E-state index is 4.57. The van der Waals surface area contributed by atoms with Crippen LogP contribution < -0.4 is 5.32 Å².